The van der Waals surface area contributed by atoms with Crippen LogP contribution in [0.2, 0.25) is 0 Å². The lowest BCUT2D eigenvalue weighted by molar-refractivity contribution is 0.101. The summed E-state index contributed by atoms with van der Waals surface area (Å²) in [5.41, 5.74) is 1.89. The zero-order valence-electron chi connectivity index (χ0n) is 15.4. The molecule has 0 spiro atoms. The average molecular weight is 394 g/mol. The molecule has 2 aromatic carbocycles. The number of pyridine rings is 1. The molecule has 0 saturated heterocycles. The summed E-state index contributed by atoms with van der Waals surface area (Å²) in [6.07, 6.45) is 0. The van der Waals surface area contributed by atoms with E-state index in [1.165, 1.54) is 31.2 Å². The third kappa shape index (κ3) is 3.11. The lowest BCUT2D eigenvalue weighted by Crippen LogP contribution is -2.14. The molecule has 28 heavy (non-hydrogen) atoms. The van der Waals surface area contributed by atoms with Gasteiger partial charge in [0, 0.05) is 17.5 Å². The van der Waals surface area contributed by atoms with Gasteiger partial charge in [0.2, 0.25) is 0 Å². The van der Waals surface area contributed by atoms with Gasteiger partial charge in [0.05, 0.1) is 15.8 Å². The zero-order chi connectivity index (χ0) is 19.9. The van der Waals surface area contributed by atoms with E-state index in [2.05, 4.69) is 14.8 Å². The molecule has 8 heteroatoms. The highest BCUT2D eigenvalue weighted by atomic mass is 32.2. The number of aryl methyl sites for hydroxylation is 1. The molecule has 1 N–H and O–H groups in total. The highest BCUT2D eigenvalue weighted by Gasteiger charge is 2.20. The van der Waals surface area contributed by atoms with Crippen LogP contribution in [0.5, 0.6) is 0 Å². The van der Waals surface area contributed by atoms with Gasteiger partial charge in [0.15, 0.2) is 17.2 Å². The number of para-hydroxylation sites is 1. The average Bonchev–Trinajstić information content (AvgIpc) is 3.02. The van der Waals surface area contributed by atoms with Gasteiger partial charge in [-0.25, -0.2) is 18.1 Å². The first-order valence-electron chi connectivity index (χ1n) is 8.79. The number of nitrogens with one attached hydrogen (secondary N) is 1. The lowest BCUT2D eigenvalue weighted by Gasteiger charge is -2.06. The van der Waals surface area contributed by atoms with Crippen molar-refractivity contribution in [3.05, 3.63) is 60.2 Å². The fraction of sp³-hybridized carbons (Fsp3) is 0.150. The van der Waals surface area contributed by atoms with Gasteiger partial charge >= 0.3 is 0 Å². The summed E-state index contributed by atoms with van der Waals surface area (Å²) in [6, 6.07) is 15.3. The number of rotatable bonds is 5. The standard InChI is InChI=1S/C20H18N4O3S/c1-3-24-20-17(12-15-6-4-5-7-18(15)21-20)19(22-24)23-28(26,27)16-10-8-14(9-11-16)13(2)25/h4-12H,3H2,1-2H3,(H,22,23). The van der Waals surface area contributed by atoms with Crippen molar-refractivity contribution >= 4 is 43.6 Å². The smallest absolute Gasteiger partial charge is 0.263 e. The van der Waals surface area contributed by atoms with Gasteiger partial charge in [-0.3, -0.25) is 9.52 Å². The zero-order valence-corrected chi connectivity index (χ0v) is 16.2. The molecular weight excluding hydrogens is 376 g/mol. The van der Waals surface area contributed by atoms with Crippen molar-refractivity contribution in [3.8, 4) is 0 Å². The maximum Gasteiger partial charge on any atom is 0.263 e. The second kappa shape index (κ2) is 6.72. The van der Waals surface area contributed by atoms with E-state index in [4.69, 9.17) is 0 Å². The van der Waals surface area contributed by atoms with Crippen LogP contribution in [-0.2, 0) is 16.6 Å². The number of sulfonamides is 1. The molecule has 0 bridgehead atoms. The Kier molecular flexibility index (Phi) is 4.35. The van der Waals surface area contributed by atoms with Crippen LogP contribution in [0.25, 0.3) is 21.9 Å². The molecule has 2 heterocycles. The number of hydrogen-bond acceptors (Lipinski definition) is 5. The number of aromatic nitrogens is 3. The molecule has 2 aromatic heterocycles. The van der Waals surface area contributed by atoms with Crippen molar-refractivity contribution in [1.29, 1.82) is 0 Å². The van der Waals surface area contributed by atoms with Crippen molar-refractivity contribution < 1.29 is 13.2 Å². The van der Waals surface area contributed by atoms with Gasteiger partial charge in [-0.1, -0.05) is 30.3 Å². The van der Waals surface area contributed by atoms with Crippen LogP contribution in [0.15, 0.2) is 59.5 Å². The van der Waals surface area contributed by atoms with E-state index in [9.17, 15) is 13.2 Å². The van der Waals surface area contributed by atoms with Gasteiger partial charge in [-0.15, -0.1) is 0 Å². The summed E-state index contributed by atoms with van der Waals surface area (Å²) in [4.78, 5) is 16.1. The minimum absolute atomic E-state index is 0.0606. The van der Waals surface area contributed by atoms with Crippen LogP contribution in [0.3, 0.4) is 0 Å². The van der Waals surface area contributed by atoms with Gasteiger partial charge in [-0.2, -0.15) is 5.10 Å². The number of carbonyl (C=O) groups is 1. The molecule has 0 fully saturated rings. The van der Waals surface area contributed by atoms with E-state index in [1.807, 2.05) is 37.3 Å². The number of benzene rings is 2. The molecular formula is C20H18N4O3S. The van der Waals surface area contributed by atoms with E-state index in [0.29, 0.717) is 23.1 Å². The van der Waals surface area contributed by atoms with Gasteiger partial charge in [0.1, 0.15) is 0 Å². The van der Waals surface area contributed by atoms with E-state index in [-0.39, 0.29) is 16.5 Å². The Labute approximate surface area is 162 Å². The molecule has 0 saturated carbocycles. The predicted molar refractivity (Wildman–Crippen MR) is 108 cm³/mol. The third-order valence-corrected chi connectivity index (χ3v) is 5.88. The molecule has 0 aliphatic carbocycles. The van der Waals surface area contributed by atoms with Crippen molar-refractivity contribution in [2.45, 2.75) is 25.3 Å². The number of carbonyl (C=O) groups excluding carboxylic acids is 1. The fourth-order valence-electron chi connectivity index (χ4n) is 3.05. The van der Waals surface area contributed by atoms with E-state index >= 15 is 0 Å². The number of anilines is 1. The van der Waals surface area contributed by atoms with E-state index in [1.54, 1.807) is 4.68 Å². The SMILES string of the molecule is CCn1nc(NS(=O)(=O)c2ccc(C(C)=O)cc2)c2cc3ccccc3nc21. The predicted octanol–water partition coefficient (Wildman–Crippen LogP) is 3.61. The summed E-state index contributed by atoms with van der Waals surface area (Å²) >= 11 is 0. The Balaban J connectivity index is 1.80. The number of nitrogens with zero attached hydrogens (tertiary/aromatic N) is 3. The molecule has 4 aromatic rings. The van der Waals surface area contributed by atoms with Gasteiger partial charge in [0.25, 0.3) is 10.0 Å². The highest BCUT2D eigenvalue weighted by Crippen LogP contribution is 2.27. The number of hydrogen-bond donors (Lipinski definition) is 1. The van der Waals surface area contributed by atoms with Crippen LogP contribution in [-0.4, -0.2) is 29.0 Å². The molecule has 0 aliphatic heterocycles. The van der Waals surface area contributed by atoms with Crippen LogP contribution in [0.4, 0.5) is 5.82 Å². The Morgan fingerprint density at radius 1 is 1.11 bits per heavy atom. The Bertz CT molecular complexity index is 1310. The van der Waals surface area contributed by atoms with Crippen LogP contribution in [0, 0.1) is 0 Å². The summed E-state index contributed by atoms with van der Waals surface area (Å²) in [5.74, 6) is 0.105. The number of ketones is 1. The Hall–Kier alpha value is -3.26. The topological polar surface area (TPSA) is 94.0 Å². The molecule has 142 valence electrons. The Morgan fingerprint density at radius 3 is 2.50 bits per heavy atom. The first-order valence-corrected chi connectivity index (χ1v) is 10.3. The lowest BCUT2D eigenvalue weighted by atomic mass is 10.2. The normalized spacial score (nSPS) is 11.8. The highest BCUT2D eigenvalue weighted by molar-refractivity contribution is 7.92. The monoisotopic (exact) mass is 394 g/mol. The summed E-state index contributed by atoms with van der Waals surface area (Å²) in [7, 11) is -3.86. The Morgan fingerprint density at radius 2 is 1.82 bits per heavy atom. The van der Waals surface area contributed by atoms with Crippen molar-refractivity contribution in [2.24, 2.45) is 0 Å². The summed E-state index contributed by atoms with van der Waals surface area (Å²) in [6.45, 7) is 3.90. The molecule has 7 nitrogen and oxygen atoms in total. The second-order valence-corrected chi connectivity index (χ2v) is 8.09. The van der Waals surface area contributed by atoms with Gasteiger partial charge < -0.3 is 0 Å². The van der Waals surface area contributed by atoms with Crippen molar-refractivity contribution in [1.82, 2.24) is 14.8 Å². The van der Waals surface area contributed by atoms with Crippen LogP contribution >= 0.6 is 0 Å². The summed E-state index contributed by atoms with van der Waals surface area (Å²) < 4.78 is 29.9. The van der Waals surface area contributed by atoms with Gasteiger partial charge in [-0.05, 0) is 38.1 Å². The molecule has 0 radical (unpaired) electrons. The molecule has 0 unspecified atom stereocenters. The fourth-order valence-corrected chi connectivity index (χ4v) is 4.07. The molecule has 0 atom stereocenters. The largest absolute Gasteiger partial charge is 0.295 e. The third-order valence-electron chi connectivity index (χ3n) is 4.53. The summed E-state index contributed by atoms with van der Waals surface area (Å²) in [5, 5.41) is 5.93. The minimum atomic E-state index is -3.86. The van der Waals surface area contributed by atoms with E-state index in [0.717, 1.165) is 10.9 Å². The van der Waals surface area contributed by atoms with Crippen LogP contribution < -0.4 is 4.72 Å². The second-order valence-electron chi connectivity index (χ2n) is 6.40. The number of fused-ring (bicyclic) bond motifs is 2. The maximum absolute atomic E-state index is 12.8. The minimum Gasteiger partial charge on any atom is -0.295 e. The van der Waals surface area contributed by atoms with Crippen molar-refractivity contribution in [3.63, 3.8) is 0 Å². The molecule has 0 amide bonds. The quantitative estimate of drug-likeness (QED) is 0.522. The maximum atomic E-state index is 12.8. The molecule has 0 aliphatic rings. The van der Waals surface area contributed by atoms with Crippen LogP contribution in [0.1, 0.15) is 24.2 Å². The number of Topliss-reactive ketones (excluding diaryl/α,β-unsaturated/α-hetero) is 1. The van der Waals surface area contributed by atoms with E-state index < -0.39 is 10.0 Å². The van der Waals surface area contributed by atoms with Crippen molar-refractivity contribution in [2.75, 3.05) is 4.72 Å². The molecule has 4 rings (SSSR count). The first-order chi connectivity index (χ1) is 13.4. The first kappa shape index (κ1) is 18.1.